The van der Waals surface area contributed by atoms with E-state index in [2.05, 4.69) is 130 Å². The quantitative estimate of drug-likeness (QED) is 0.0199. The molecule has 1 atom stereocenters. The number of allylic oxidation sites excluding steroid dienone is 30. The Morgan fingerprint density at radius 2 is 0.616 bits per heavy atom. The minimum absolute atomic E-state index is 0.141. The van der Waals surface area contributed by atoms with E-state index in [1.54, 1.807) is 0 Å². The molecule has 404 valence electrons. The van der Waals surface area contributed by atoms with Crippen molar-refractivity contribution in [2.45, 2.75) is 207 Å². The largest absolute Gasteiger partial charge is 0.462 e. The minimum Gasteiger partial charge on any atom is -0.462 e. The van der Waals surface area contributed by atoms with Crippen LogP contribution >= 0.6 is 0 Å². The van der Waals surface area contributed by atoms with Crippen LogP contribution in [0.1, 0.15) is 201 Å². The molecule has 0 saturated heterocycles. The lowest BCUT2D eigenvalue weighted by atomic mass is 10.1. The Kier molecular flexibility index (Phi) is 54.6. The van der Waals surface area contributed by atoms with Crippen LogP contribution in [-0.4, -0.2) is 37.2 Å². The van der Waals surface area contributed by atoms with Gasteiger partial charge in [-0.15, -0.1) is 0 Å². The summed E-state index contributed by atoms with van der Waals surface area (Å²) in [5.74, 6) is -1.08. The summed E-state index contributed by atoms with van der Waals surface area (Å²) in [6.45, 7) is 6.23. The van der Waals surface area contributed by atoms with Crippen LogP contribution in [0, 0.1) is 0 Å². The first-order valence-electron chi connectivity index (χ1n) is 28.4. The average molecular weight is 1000 g/mol. The van der Waals surface area contributed by atoms with Crippen molar-refractivity contribution in [2.24, 2.45) is 0 Å². The molecule has 0 aromatic carbocycles. The van der Waals surface area contributed by atoms with Gasteiger partial charge >= 0.3 is 17.9 Å². The van der Waals surface area contributed by atoms with E-state index in [1.165, 1.54) is 44.9 Å². The van der Waals surface area contributed by atoms with Crippen molar-refractivity contribution in [3.63, 3.8) is 0 Å². The molecule has 73 heavy (non-hydrogen) atoms. The lowest BCUT2D eigenvalue weighted by Crippen LogP contribution is -2.30. The first-order chi connectivity index (χ1) is 36.0. The van der Waals surface area contributed by atoms with Gasteiger partial charge in [-0.3, -0.25) is 14.4 Å². The molecule has 0 saturated carbocycles. The minimum atomic E-state index is -0.847. The number of carbonyl (C=O) groups is 3. The summed E-state index contributed by atoms with van der Waals surface area (Å²) in [4.78, 5) is 38.2. The molecule has 6 nitrogen and oxygen atoms in total. The van der Waals surface area contributed by atoms with Crippen molar-refractivity contribution >= 4 is 17.9 Å². The third kappa shape index (κ3) is 57.3. The summed E-state index contributed by atoms with van der Waals surface area (Å²) in [6.07, 6.45) is 88.8. The van der Waals surface area contributed by atoms with Crippen LogP contribution in [0.3, 0.4) is 0 Å². The van der Waals surface area contributed by atoms with E-state index in [9.17, 15) is 14.4 Å². The number of ether oxygens (including phenoxy) is 3. The number of carbonyl (C=O) groups excluding carboxylic acids is 3. The molecule has 0 spiro atoms. The fourth-order valence-corrected chi connectivity index (χ4v) is 6.88. The molecule has 0 rings (SSSR count). The Balaban J connectivity index is 4.68. The third-order valence-corrected chi connectivity index (χ3v) is 11.1. The van der Waals surface area contributed by atoms with Crippen LogP contribution in [0.15, 0.2) is 182 Å². The molecule has 0 aliphatic rings. The van der Waals surface area contributed by atoms with Gasteiger partial charge < -0.3 is 14.2 Å². The van der Waals surface area contributed by atoms with E-state index >= 15 is 0 Å². The SMILES string of the molecule is CC\C=C/C=C\C=C/C=C\C=C\C=C/C=C\CCCCCC(=O)OCC(COC(=O)CCC/C=C\C/C=C\C/C=C\CCCCCCCC)OC(=O)CCCCC/C=C\C/C=C\C/C=C\C/C=C\C/C=C\CC. The van der Waals surface area contributed by atoms with E-state index in [0.29, 0.717) is 19.3 Å². The predicted octanol–water partition coefficient (Wildman–Crippen LogP) is 19.3. The van der Waals surface area contributed by atoms with Crippen molar-refractivity contribution in [1.29, 1.82) is 0 Å². The summed E-state index contributed by atoms with van der Waals surface area (Å²) in [7, 11) is 0. The lowest BCUT2D eigenvalue weighted by Gasteiger charge is -2.18. The highest BCUT2D eigenvalue weighted by atomic mass is 16.6. The van der Waals surface area contributed by atoms with Crippen LogP contribution in [0.2, 0.25) is 0 Å². The van der Waals surface area contributed by atoms with Crippen molar-refractivity contribution in [3.05, 3.63) is 182 Å². The molecule has 0 fully saturated rings. The maximum Gasteiger partial charge on any atom is 0.306 e. The van der Waals surface area contributed by atoms with E-state index in [4.69, 9.17) is 14.2 Å². The van der Waals surface area contributed by atoms with Gasteiger partial charge in [0.05, 0.1) is 0 Å². The zero-order valence-electron chi connectivity index (χ0n) is 46.1. The highest BCUT2D eigenvalue weighted by Crippen LogP contribution is 2.11. The molecule has 1 unspecified atom stereocenters. The fourth-order valence-electron chi connectivity index (χ4n) is 6.88. The summed E-state index contributed by atoms with van der Waals surface area (Å²) >= 11 is 0. The molecule has 0 aromatic rings. The number of esters is 3. The highest BCUT2D eigenvalue weighted by molar-refractivity contribution is 5.71. The van der Waals surface area contributed by atoms with Gasteiger partial charge in [0.15, 0.2) is 6.10 Å². The van der Waals surface area contributed by atoms with Gasteiger partial charge in [-0.25, -0.2) is 0 Å². The van der Waals surface area contributed by atoms with Gasteiger partial charge in [0.2, 0.25) is 0 Å². The maximum atomic E-state index is 12.9. The Bertz CT molecular complexity index is 1770. The molecule has 0 heterocycles. The van der Waals surface area contributed by atoms with Gasteiger partial charge in [-0.2, -0.15) is 0 Å². The Morgan fingerprint density at radius 1 is 0.301 bits per heavy atom. The molecular formula is C67H100O6. The lowest BCUT2D eigenvalue weighted by molar-refractivity contribution is -0.167. The van der Waals surface area contributed by atoms with Crippen molar-refractivity contribution in [3.8, 4) is 0 Å². The Labute approximate surface area is 446 Å². The van der Waals surface area contributed by atoms with E-state index < -0.39 is 6.10 Å². The molecule has 0 amide bonds. The zero-order valence-corrected chi connectivity index (χ0v) is 46.1. The van der Waals surface area contributed by atoms with Crippen molar-refractivity contribution in [2.75, 3.05) is 13.2 Å². The first kappa shape index (κ1) is 67.5. The van der Waals surface area contributed by atoms with Gasteiger partial charge in [0, 0.05) is 19.3 Å². The molecule has 0 aliphatic carbocycles. The molecular weight excluding hydrogens is 901 g/mol. The van der Waals surface area contributed by atoms with Crippen LogP contribution in [-0.2, 0) is 28.6 Å². The van der Waals surface area contributed by atoms with Crippen LogP contribution < -0.4 is 0 Å². The second kappa shape index (κ2) is 59.1. The number of hydrogen-bond donors (Lipinski definition) is 0. The standard InChI is InChI=1S/C67H100O6/c1-4-7-10-13-16-19-22-25-28-31-33-36-39-42-45-48-51-54-57-60-66(69)72-63-64(62-71-65(68)59-56-53-50-47-44-41-38-35-30-27-24-21-18-15-12-9-6-3)73-67(70)61-58-55-52-49-46-43-40-37-34-32-29-26-23-20-17-14-11-8-5-2/h7-8,10-11,13,16-17,19-20,22,25-31,33-34,36-39,41-43,45-47,50,64H,4-6,9,12,14-15,18,21,23-24,32,35,40,44,48-49,51-63H2,1-3H3/b10-7-,11-8-,16-13-,20-17-,22-19-,28-25-,29-26-,30-27-,33-31+,37-34-,39-36-,41-38-,45-42-,46-43-,50-47-. The summed E-state index contributed by atoms with van der Waals surface area (Å²) in [6, 6.07) is 0. The topological polar surface area (TPSA) is 78.9 Å². The third-order valence-electron chi connectivity index (χ3n) is 11.1. The summed E-state index contributed by atoms with van der Waals surface area (Å²) in [5.41, 5.74) is 0. The van der Waals surface area contributed by atoms with Crippen molar-refractivity contribution < 1.29 is 28.6 Å². The van der Waals surface area contributed by atoms with E-state index in [0.717, 1.165) is 96.3 Å². The smallest absolute Gasteiger partial charge is 0.306 e. The first-order valence-corrected chi connectivity index (χ1v) is 28.4. The Morgan fingerprint density at radius 3 is 1.05 bits per heavy atom. The van der Waals surface area contributed by atoms with Crippen molar-refractivity contribution in [1.82, 2.24) is 0 Å². The van der Waals surface area contributed by atoms with Crippen LogP contribution in [0.4, 0.5) is 0 Å². The summed E-state index contributed by atoms with van der Waals surface area (Å²) < 4.78 is 16.7. The molecule has 0 bridgehead atoms. The van der Waals surface area contributed by atoms with Crippen LogP contribution in [0.25, 0.3) is 0 Å². The highest BCUT2D eigenvalue weighted by Gasteiger charge is 2.19. The molecule has 0 N–H and O–H groups in total. The van der Waals surface area contributed by atoms with E-state index in [1.807, 2.05) is 72.9 Å². The van der Waals surface area contributed by atoms with Crippen LogP contribution in [0.5, 0.6) is 0 Å². The number of rotatable bonds is 48. The number of unbranched alkanes of at least 4 members (excludes halogenated alkanes) is 13. The fraction of sp³-hybridized carbons (Fsp3) is 0.507. The van der Waals surface area contributed by atoms with Gasteiger partial charge in [-0.05, 0) is 116 Å². The normalized spacial score (nSPS) is 13.5. The second-order valence-electron chi connectivity index (χ2n) is 17.9. The van der Waals surface area contributed by atoms with E-state index in [-0.39, 0.29) is 50.4 Å². The monoisotopic (exact) mass is 1000 g/mol. The van der Waals surface area contributed by atoms with Gasteiger partial charge in [-0.1, -0.05) is 248 Å². The van der Waals surface area contributed by atoms with Gasteiger partial charge in [0.1, 0.15) is 13.2 Å². The summed E-state index contributed by atoms with van der Waals surface area (Å²) in [5, 5.41) is 0. The average Bonchev–Trinajstić information content (AvgIpc) is 3.39. The predicted molar refractivity (Wildman–Crippen MR) is 315 cm³/mol. The molecule has 6 heteroatoms. The zero-order chi connectivity index (χ0) is 52.9. The van der Waals surface area contributed by atoms with Gasteiger partial charge in [0.25, 0.3) is 0 Å². The Hall–Kier alpha value is -5.49. The molecule has 0 aromatic heterocycles. The maximum absolute atomic E-state index is 12.9. The molecule has 0 radical (unpaired) electrons. The molecule has 0 aliphatic heterocycles. The second-order valence-corrected chi connectivity index (χ2v) is 17.9. The number of hydrogen-bond acceptors (Lipinski definition) is 6.